The maximum absolute atomic E-state index is 12.4. The summed E-state index contributed by atoms with van der Waals surface area (Å²) in [7, 11) is 0. The number of amides is 3. The predicted molar refractivity (Wildman–Crippen MR) is 96.1 cm³/mol. The molecule has 1 aromatic heterocycles. The third kappa shape index (κ3) is 3.76. The summed E-state index contributed by atoms with van der Waals surface area (Å²) in [6.07, 6.45) is 6.80. The average molecular weight is 358 g/mol. The van der Waals surface area contributed by atoms with Gasteiger partial charge in [0.2, 0.25) is 17.7 Å². The predicted octanol–water partition coefficient (Wildman–Crippen LogP) is 2.28. The number of likely N-dealkylation sites (tertiary alicyclic amines) is 1. The Labute approximate surface area is 153 Å². The van der Waals surface area contributed by atoms with E-state index in [1.165, 1.54) is 4.90 Å². The van der Waals surface area contributed by atoms with Crippen LogP contribution in [0.3, 0.4) is 0 Å². The van der Waals surface area contributed by atoms with Crippen molar-refractivity contribution in [2.45, 2.75) is 58.3 Å². The van der Waals surface area contributed by atoms with Crippen molar-refractivity contribution in [1.82, 2.24) is 14.9 Å². The molecule has 2 unspecified atom stereocenters. The largest absolute Gasteiger partial charge is 0.323 e. The smallest absolute Gasteiger partial charge is 0.233 e. The lowest BCUT2D eigenvalue weighted by Crippen LogP contribution is -2.34. The van der Waals surface area contributed by atoms with Crippen LogP contribution in [0.1, 0.15) is 58.7 Å². The number of carbonyl (C=O) groups is 3. The summed E-state index contributed by atoms with van der Waals surface area (Å²) in [6, 6.07) is 0. The number of rotatable bonds is 4. The van der Waals surface area contributed by atoms with Gasteiger partial charge in [0.05, 0.1) is 29.9 Å². The second-order valence-corrected chi connectivity index (χ2v) is 8.17. The minimum absolute atomic E-state index is 0.0813. The second kappa shape index (κ2) is 7.13. The summed E-state index contributed by atoms with van der Waals surface area (Å²) < 4.78 is 0. The number of aromatic nitrogens is 2. The van der Waals surface area contributed by atoms with E-state index in [0.717, 1.165) is 25.7 Å². The molecule has 1 N–H and O–H groups in total. The lowest BCUT2D eigenvalue weighted by atomic mass is 9.81. The Morgan fingerprint density at radius 1 is 1.12 bits per heavy atom. The molecule has 7 heteroatoms. The van der Waals surface area contributed by atoms with E-state index in [-0.39, 0.29) is 47.9 Å². The highest BCUT2D eigenvalue weighted by Crippen LogP contribution is 2.37. The monoisotopic (exact) mass is 358 g/mol. The Hall–Kier alpha value is -2.31. The van der Waals surface area contributed by atoms with Gasteiger partial charge < -0.3 is 5.32 Å². The second-order valence-electron chi connectivity index (χ2n) is 8.17. The molecule has 140 valence electrons. The number of carbonyl (C=O) groups excluding carboxylic acids is 3. The molecule has 1 aliphatic heterocycles. The Morgan fingerprint density at radius 2 is 1.65 bits per heavy atom. The van der Waals surface area contributed by atoms with Gasteiger partial charge >= 0.3 is 0 Å². The van der Waals surface area contributed by atoms with E-state index in [0.29, 0.717) is 11.5 Å². The Balaban J connectivity index is 1.54. The van der Waals surface area contributed by atoms with Gasteiger partial charge in [-0.15, -0.1) is 0 Å². The highest BCUT2D eigenvalue weighted by Gasteiger charge is 2.47. The molecular formula is C19H26N4O3. The van der Waals surface area contributed by atoms with Crippen LogP contribution < -0.4 is 5.32 Å². The number of hydrogen-bond acceptors (Lipinski definition) is 5. The van der Waals surface area contributed by atoms with Gasteiger partial charge in [0, 0.05) is 18.4 Å². The van der Waals surface area contributed by atoms with Crippen molar-refractivity contribution in [3.05, 3.63) is 18.2 Å². The van der Waals surface area contributed by atoms with Crippen LogP contribution in [0.2, 0.25) is 0 Å². The zero-order chi connectivity index (χ0) is 18.9. The summed E-state index contributed by atoms with van der Waals surface area (Å²) in [5.74, 6) is -0.107. The fourth-order valence-corrected chi connectivity index (χ4v) is 3.67. The van der Waals surface area contributed by atoms with E-state index in [4.69, 9.17) is 0 Å². The molecule has 1 aliphatic carbocycles. The highest BCUT2D eigenvalue weighted by atomic mass is 16.2. The van der Waals surface area contributed by atoms with Gasteiger partial charge in [-0.1, -0.05) is 33.6 Å². The highest BCUT2D eigenvalue weighted by molar-refractivity contribution is 6.05. The van der Waals surface area contributed by atoms with Crippen LogP contribution in [0.15, 0.2) is 12.4 Å². The minimum Gasteiger partial charge on any atom is -0.323 e. The number of nitrogens with one attached hydrogen (secondary N) is 1. The molecule has 0 bridgehead atoms. The van der Waals surface area contributed by atoms with Gasteiger partial charge in [0.25, 0.3) is 0 Å². The zero-order valence-electron chi connectivity index (χ0n) is 15.6. The molecule has 26 heavy (non-hydrogen) atoms. The first-order valence-electron chi connectivity index (χ1n) is 9.25. The minimum atomic E-state index is -0.257. The third-order valence-electron chi connectivity index (χ3n) is 5.10. The van der Waals surface area contributed by atoms with Crippen molar-refractivity contribution in [2.75, 3.05) is 11.9 Å². The Kier molecular flexibility index (Phi) is 5.07. The van der Waals surface area contributed by atoms with Crippen molar-refractivity contribution in [1.29, 1.82) is 0 Å². The molecular weight excluding hydrogens is 332 g/mol. The molecule has 2 heterocycles. The molecule has 2 atom stereocenters. The van der Waals surface area contributed by atoms with Gasteiger partial charge in [-0.05, 0) is 12.8 Å². The van der Waals surface area contributed by atoms with E-state index in [9.17, 15) is 14.4 Å². The molecule has 0 spiro atoms. The molecule has 1 aromatic rings. The van der Waals surface area contributed by atoms with Gasteiger partial charge in [0.1, 0.15) is 5.82 Å². The number of hydrogen-bond donors (Lipinski definition) is 1. The molecule has 0 aromatic carbocycles. The van der Waals surface area contributed by atoms with E-state index in [1.54, 1.807) is 12.4 Å². The molecule has 3 rings (SSSR count). The van der Waals surface area contributed by atoms with Gasteiger partial charge in [-0.25, -0.2) is 9.97 Å². The molecule has 1 saturated heterocycles. The average Bonchev–Trinajstić information content (AvgIpc) is 2.84. The van der Waals surface area contributed by atoms with Crippen molar-refractivity contribution in [3.63, 3.8) is 0 Å². The first kappa shape index (κ1) is 18.5. The topological polar surface area (TPSA) is 92.3 Å². The van der Waals surface area contributed by atoms with Gasteiger partial charge in [-0.3, -0.25) is 19.3 Å². The Morgan fingerprint density at radius 3 is 2.15 bits per heavy atom. The summed E-state index contributed by atoms with van der Waals surface area (Å²) in [5.41, 5.74) is 0.353. The maximum atomic E-state index is 12.4. The third-order valence-corrected chi connectivity index (χ3v) is 5.10. The van der Waals surface area contributed by atoms with Gasteiger partial charge in [-0.2, -0.15) is 0 Å². The van der Waals surface area contributed by atoms with Crippen molar-refractivity contribution in [2.24, 2.45) is 11.8 Å². The maximum Gasteiger partial charge on any atom is 0.233 e. The van der Waals surface area contributed by atoms with E-state index in [1.807, 2.05) is 20.8 Å². The number of nitrogens with zero attached hydrogens (tertiary/aromatic N) is 3. The van der Waals surface area contributed by atoms with Crippen LogP contribution in [0.5, 0.6) is 0 Å². The van der Waals surface area contributed by atoms with Crippen LogP contribution >= 0.6 is 0 Å². The van der Waals surface area contributed by atoms with Crippen LogP contribution in [-0.2, 0) is 19.8 Å². The SMILES string of the molecule is CC(C)(C)c1ncc(NC(=O)CCN2C(=O)C3CCCCC3C2=O)cn1. The molecule has 2 aliphatic rings. The van der Waals surface area contributed by atoms with E-state index >= 15 is 0 Å². The molecule has 1 saturated carbocycles. The Bertz CT molecular complexity index is 684. The summed E-state index contributed by atoms with van der Waals surface area (Å²) in [5, 5.41) is 2.72. The first-order valence-corrected chi connectivity index (χ1v) is 9.25. The van der Waals surface area contributed by atoms with Crippen LogP contribution in [-0.4, -0.2) is 39.1 Å². The fraction of sp³-hybridized carbons (Fsp3) is 0.632. The van der Waals surface area contributed by atoms with Crippen LogP contribution in [0.4, 0.5) is 5.69 Å². The van der Waals surface area contributed by atoms with Crippen molar-refractivity contribution < 1.29 is 14.4 Å². The first-order chi connectivity index (χ1) is 12.3. The number of fused-ring (bicyclic) bond motifs is 1. The normalized spacial score (nSPS) is 23.1. The lowest BCUT2D eigenvalue weighted by Gasteiger charge is -2.19. The number of anilines is 1. The lowest BCUT2D eigenvalue weighted by molar-refractivity contribution is -0.140. The molecule has 7 nitrogen and oxygen atoms in total. The van der Waals surface area contributed by atoms with E-state index < -0.39 is 0 Å². The van der Waals surface area contributed by atoms with Crippen molar-refractivity contribution in [3.8, 4) is 0 Å². The van der Waals surface area contributed by atoms with Crippen LogP contribution in [0, 0.1) is 11.8 Å². The zero-order valence-corrected chi connectivity index (χ0v) is 15.6. The molecule has 2 fully saturated rings. The summed E-state index contributed by atoms with van der Waals surface area (Å²) >= 11 is 0. The fourth-order valence-electron chi connectivity index (χ4n) is 3.67. The number of imide groups is 1. The van der Waals surface area contributed by atoms with E-state index in [2.05, 4.69) is 15.3 Å². The quantitative estimate of drug-likeness (QED) is 0.834. The summed E-state index contributed by atoms with van der Waals surface area (Å²) in [6.45, 7) is 6.18. The molecule has 3 amide bonds. The standard InChI is InChI=1S/C19H26N4O3/c1-19(2,3)18-20-10-12(11-21-18)22-15(24)8-9-23-16(25)13-6-4-5-7-14(13)17(23)26/h10-11,13-14H,4-9H2,1-3H3,(H,22,24). The molecule has 0 radical (unpaired) electrons. The van der Waals surface area contributed by atoms with Crippen LogP contribution in [0.25, 0.3) is 0 Å². The van der Waals surface area contributed by atoms with Crippen molar-refractivity contribution >= 4 is 23.4 Å². The van der Waals surface area contributed by atoms with Gasteiger partial charge in [0.15, 0.2) is 0 Å². The summed E-state index contributed by atoms with van der Waals surface area (Å²) in [4.78, 5) is 46.8.